The first-order valence-electron chi connectivity index (χ1n) is 11.6. The van der Waals surface area contributed by atoms with Crippen molar-refractivity contribution in [1.82, 2.24) is 10.3 Å². The lowest BCUT2D eigenvalue weighted by Gasteiger charge is -2.21. The topological polar surface area (TPSA) is 80.2 Å². The standard InChI is InChI=1S/C28H29N3O4/c1-34-23-12-8-21(9-13-23)28(22-10-14-24(35-2)15-11-22)29-26(32)16-17-27(33)31-19-18-25(30-31)20-6-4-3-5-7-20/h3-15,28H,16-19H2,1-2H3,(H,29,32). The maximum atomic E-state index is 12.9. The Hall–Kier alpha value is -4.13. The van der Waals surface area contributed by atoms with E-state index in [1.54, 1.807) is 14.2 Å². The van der Waals surface area contributed by atoms with E-state index in [0.29, 0.717) is 13.0 Å². The Bertz CT molecular complexity index is 1130. The van der Waals surface area contributed by atoms with Crippen molar-refractivity contribution in [2.45, 2.75) is 25.3 Å². The van der Waals surface area contributed by atoms with Crippen molar-refractivity contribution in [2.24, 2.45) is 5.10 Å². The number of nitrogens with zero attached hydrogens (tertiary/aromatic N) is 2. The van der Waals surface area contributed by atoms with Crippen LogP contribution in [-0.4, -0.2) is 43.3 Å². The largest absolute Gasteiger partial charge is 0.497 e. The van der Waals surface area contributed by atoms with Crippen LogP contribution in [0.15, 0.2) is 84.0 Å². The number of hydrogen-bond acceptors (Lipinski definition) is 5. The summed E-state index contributed by atoms with van der Waals surface area (Å²) in [4.78, 5) is 25.6. The van der Waals surface area contributed by atoms with E-state index in [0.717, 1.165) is 33.9 Å². The number of carbonyl (C=O) groups excluding carboxylic acids is 2. The van der Waals surface area contributed by atoms with Gasteiger partial charge in [0.25, 0.3) is 0 Å². The van der Waals surface area contributed by atoms with E-state index in [1.165, 1.54) is 5.01 Å². The van der Waals surface area contributed by atoms with Gasteiger partial charge in [0.15, 0.2) is 0 Å². The molecular formula is C28H29N3O4. The average molecular weight is 472 g/mol. The maximum absolute atomic E-state index is 12.9. The summed E-state index contributed by atoms with van der Waals surface area (Å²) in [6.07, 6.45) is 0.878. The minimum Gasteiger partial charge on any atom is -0.497 e. The molecule has 0 bridgehead atoms. The van der Waals surface area contributed by atoms with Crippen LogP contribution in [0, 0.1) is 0 Å². The summed E-state index contributed by atoms with van der Waals surface area (Å²) < 4.78 is 10.5. The molecule has 0 spiro atoms. The van der Waals surface area contributed by atoms with Crippen molar-refractivity contribution in [3.63, 3.8) is 0 Å². The smallest absolute Gasteiger partial charge is 0.243 e. The fourth-order valence-corrected chi connectivity index (χ4v) is 4.01. The Balaban J connectivity index is 1.41. The number of hydrogen-bond donors (Lipinski definition) is 1. The van der Waals surface area contributed by atoms with E-state index in [2.05, 4.69) is 10.4 Å². The summed E-state index contributed by atoms with van der Waals surface area (Å²) in [5.74, 6) is 1.11. The third kappa shape index (κ3) is 6.06. The highest BCUT2D eigenvalue weighted by molar-refractivity contribution is 6.02. The van der Waals surface area contributed by atoms with E-state index in [4.69, 9.17) is 9.47 Å². The Kier molecular flexibility index (Phi) is 7.77. The van der Waals surface area contributed by atoms with Crippen LogP contribution in [0.5, 0.6) is 11.5 Å². The van der Waals surface area contributed by atoms with Gasteiger partial charge in [-0.15, -0.1) is 0 Å². The SMILES string of the molecule is COc1ccc(C(NC(=O)CCC(=O)N2CCC(c3ccccc3)=N2)c2ccc(OC)cc2)cc1. The summed E-state index contributed by atoms with van der Waals surface area (Å²) >= 11 is 0. The fourth-order valence-electron chi connectivity index (χ4n) is 4.01. The van der Waals surface area contributed by atoms with Crippen molar-refractivity contribution in [3.05, 3.63) is 95.6 Å². The molecule has 0 atom stereocenters. The number of nitrogens with one attached hydrogen (secondary N) is 1. The molecule has 0 saturated carbocycles. The molecule has 2 amide bonds. The second kappa shape index (κ2) is 11.3. The summed E-state index contributed by atoms with van der Waals surface area (Å²) in [5, 5.41) is 9.02. The number of amides is 2. The van der Waals surface area contributed by atoms with Gasteiger partial charge in [-0.25, -0.2) is 5.01 Å². The molecule has 7 heteroatoms. The van der Waals surface area contributed by atoms with Gasteiger partial charge in [-0.05, 0) is 41.0 Å². The quantitative estimate of drug-likeness (QED) is 0.504. The van der Waals surface area contributed by atoms with E-state index >= 15 is 0 Å². The van der Waals surface area contributed by atoms with Crippen LogP contribution in [0.3, 0.4) is 0 Å². The normalized spacial score (nSPS) is 12.9. The molecule has 180 valence electrons. The number of ether oxygens (including phenoxy) is 2. The number of rotatable bonds is 9. The average Bonchev–Trinajstić information content (AvgIpc) is 3.42. The van der Waals surface area contributed by atoms with E-state index in [9.17, 15) is 9.59 Å². The van der Waals surface area contributed by atoms with Crippen molar-refractivity contribution in [3.8, 4) is 11.5 Å². The molecular weight excluding hydrogens is 442 g/mol. The first kappa shape index (κ1) is 24.0. The molecule has 0 fully saturated rings. The van der Waals surface area contributed by atoms with Gasteiger partial charge < -0.3 is 14.8 Å². The zero-order valence-electron chi connectivity index (χ0n) is 19.9. The highest BCUT2D eigenvalue weighted by atomic mass is 16.5. The molecule has 3 aromatic rings. The van der Waals surface area contributed by atoms with Gasteiger partial charge in [0, 0.05) is 19.3 Å². The second-order valence-corrected chi connectivity index (χ2v) is 8.23. The lowest BCUT2D eigenvalue weighted by atomic mass is 9.98. The van der Waals surface area contributed by atoms with Crippen LogP contribution in [0.2, 0.25) is 0 Å². The molecule has 1 N–H and O–H groups in total. The molecule has 1 aliphatic heterocycles. The molecule has 7 nitrogen and oxygen atoms in total. The minimum absolute atomic E-state index is 0.0777. The molecule has 0 saturated heterocycles. The number of methoxy groups -OCH3 is 2. The Morgan fingerprint density at radius 3 is 1.97 bits per heavy atom. The van der Waals surface area contributed by atoms with Crippen LogP contribution in [0.25, 0.3) is 0 Å². The monoisotopic (exact) mass is 471 g/mol. The highest BCUT2D eigenvalue weighted by Crippen LogP contribution is 2.26. The molecule has 0 radical (unpaired) electrons. The van der Waals surface area contributed by atoms with Gasteiger partial charge in [0.1, 0.15) is 11.5 Å². The number of carbonyl (C=O) groups is 2. The van der Waals surface area contributed by atoms with Crippen LogP contribution >= 0.6 is 0 Å². The molecule has 35 heavy (non-hydrogen) atoms. The van der Waals surface area contributed by atoms with Gasteiger partial charge in [0.2, 0.25) is 11.8 Å². The lowest BCUT2D eigenvalue weighted by Crippen LogP contribution is -2.31. The third-order valence-corrected chi connectivity index (χ3v) is 5.97. The zero-order chi connectivity index (χ0) is 24.6. The zero-order valence-corrected chi connectivity index (χ0v) is 19.9. The van der Waals surface area contributed by atoms with Gasteiger partial charge in [-0.1, -0.05) is 54.6 Å². The molecule has 1 heterocycles. The van der Waals surface area contributed by atoms with Gasteiger partial charge in [0.05, 0.1) is 32.5 Å². The molecule has 3 aromatic carbocycles. The van der Waals surface area contributed by atoms with Gasteiger partial charge in [-0.2, -0.15) is 5.10 Å². The van der Waals surface area contributed by atoms with Gasteiger partial charge in [-0.3, -0.25) is 9.59 Å². The first-order valence-corrected chi connectivity index (χ1v) is 11.6. The molecule has 0 unspecified atom stereocenters. The van der Waals surface area contributed by atoms with Crippen LogP contribution in [0.1, 0.15) is 42.0 Å². The van der Waals surface area contributed by atoms with E-state index in [-0.39, 0.29) is 30.7 Å². The molecule has 0 aliphatic carbocycles. The fraction of sp³-hybridized carbons (Fsp3) is 0.250. The number of benzene rings is 3. The molecule has 4 rings (SSSR count). The molecule has 1 aliphatic rings. The van der Waals surface area contributed by atoms with Crippen LogP contribution in [-0.2, 0) is 9.59 Å². The van der Waals surface area contributed by atoms with Crippen molar-refractivity contribution in [1.29, 1.82) is 0 Å². The summed E-state index contributed by atoms with van der Waals surface area (Å²) in [6.45, 7) is 0.533. The third-order valence-electron chi connectivity index (χ3n) is 5.97. The predicted molar refractivity (Wildman–Crippen MR) is 135 cm³/mol. The first-order chi connectivity index (χ1) is 17.1. The van der Waals surface area contributed by atoms with Gasteiger partial charge >= 0.3 is 0 Å². The van der Waals surface area contributed by atoms with Crippen molar-refractivity contribution in [2.75, 3.05) is 20.8 Å². The Labute approximate surface area is 205 Å². The highest BCUT2D eigenvalue weighted by Gasteiger charge is 2.23. The summed E-state index contributed by atoms with van der Waals surface area (Å²) in [5.41, 5.74) is 3.73. The maximum Gasteiger partial charge on any atom is 0.243 e. The molecule has 0 aromatic heterocycles. The Morgan fingerprint density at radius 2 is 1.43 bits per heavy atom. The summed E-state index contributed by atoms with van der Waals surface area (Å²) in [6, 6.07) is 24.6. The van der Waals surface area contributed by atoms with E-state index in [1.807, 2.05) is 78.9 Å². The van der Waals surface area contributed by atoms with Crippen molar-refractivity contribution >= 4 is 17.5 Å². The Morgan fingerprint density at radius 1 is 0.857 bits per heavy atom. The second-order valence-electron chi connectivity index (χ2n) is 8.23. The summed E-state index contributed by atoms with van der Waals surface area (Å²) in [7, 11) is 3.23. The van der Waals surface area contributed by atoms with Crippen molar-refractivity contribution < 1.29 is 19.1 Å². The number of hydrazone groups is 1. The predicted octanol–water partition coefficient (Wildman–Crippen LogP) is 4.33. The lowest BCUT2D eigenvalue weighted by molar-refractivity contribution is -0.133. The van der Waals surface area contributed by atoms with E-state index < -0.39 is 0 Å². The van der Waals surface area contributed by atoms with Crippen LogP contribution in [0.4, 0.5) is 0 Å². The minimum atomic E-state index is -0.371. The van der Waals surface area contributed by atoms with Crippen LogP contribution < -0.4 is 14.8 Å².